The average Bonchev–Trinajstić information content (AvgIpc) is 2.84. The maximum Gasteiger partial charge on any atom is 0.236 e. The van der Waals surface area contributed by atoms with Crippen LogP contribution in [0.25, 0.3) is 0 Å². The van der Waals surface area contributed by atoms with Gasteiger partial charge in [-0.3, -0.25) is 4.79 Å². The smallest absolute Gasteiger partial charge is 0.236 e. The van der Waals surface area contributed by atoms with Gasteiger partial charge in [0.05, 0.1) is 12.6 Å². The number of primary amides is 1. The van der Waals surface area contributed by atoms with Gasteiger partial charge < -0.3 is 21.1 Å². The third-order valence-corrected chi connectivity index (χ3v) is 3.41. The summed E-state index contributed by atoms with van der Waals surface area (Å²) >= 11 is 0. The Kier molecular flexibility index (Phi) is 4.27. The van der Waals surface area contributed by atoms with E-state index in [4.69, 9.17) is 16.2 Å². The van der Waals surface area contributed by atoms with Gasteiger partial charge >= 0.3 is 0 Å². The molecule has 0 bridgehead atoms. The quantitative estimate of drug-likeness (QED) is 0.778. The van der Waals surface area contributed by atoms with Crippen molar-refractivity contribution in [3.63, 3.8) is 0 Å². The van der Waals surface area contributed by atoms with Crippen LogP contribution in [0.3, 0.4) is 0 Å². The minimum atomic E-state index is -0.340. The number of anilines is 2. The van der Waals surface area contributed by atoms with Crippen molar-refractivity contribution < 1.29 is 9.53 Å². The Morgan fingerprint density at radius 3 is 2.89 bits per heavy atom. The van der Waals surface area contributed by atoms with E-state index in [0.29, 0.717) is 6.54 Å². The lowest BCUT2D eigenvalue weighted by Crippen LogP contribution is -2.38. The van der Waals surface area contributed by atoms with E-state index in [1.165, 1.54) is 0 Å². The summed E-state index contributed by atoms with van der Waals surface area (Å²) in [7, 11) is 0. The van der Waals surface area contributed by atoms with Gasteiger partial charge in [-0.25, -0.2) is 0 Å². The van der Waals surface area contributed by atoms with Crippen molar-refractivity contribution >= 4 is 17.3 Å². The Labute approximate surface area is 113 Å². The van der Waals surface area contributed by atoms with E-state index in [1.54, 1.807) is 0 Å². The number of amides is 1. The van der Waals surface area contributed by atoms with Crippen molar-refractivity contribution in [1.82, 2.24) is 0 Å². The number of carbonyl (C=O) groups excluding carboxylic acids is 1. The first-order chi connectivity index (χ1) is 9.06. The molecule has 0 aromatic heterocycles. The monoisotopic (exact) mass is 263 g/mol. The predicted molar refractivity (Wildman–Crippen MR) is 76.0 cm³/mol. The Morgan fingerprint density at radius 2 is 2.32 bits per heavy atom. The molecule has 19 heavy (non-hydrogen) atoms. The number of benzene rings is 1. The number of nitrogens with two attached hydrogens (primary N) is 2. The Hall–Kier alpha value is -1.75. The van der Waals surface area contributed by atoms with Crippen molar-refractivity contribution in [2.75, 3.05) is 30.3 Å². The fourth-order valence-corrected chi connectivity index (χ4v) is 2.34. The molecule has 1 fully saturated rings. The highest BCUT2D eigenvalue weighted by molar-refractivity contribution is 5.79. The molecule has 1 saturated heterocycles. The zero-order chi connectivity index (χ0) is 13.8. The van der Waals surface area contributed by atoms with Gasteiger partial charge in [-0.05, 0) is 43.5 Å². The topological polar surface area (TPSA) is 81.6 Å². The van der Waals surface area contributed by atoms with Crippen LogP contribution < -0.4 is 16.4 Å². The second-order valence-electron chi connectivity index (χ2n) is 5.02. The number of hydrogen-bond donors (Lipinski definition) is 2. The fraction of sp³-hybridized carbons (Fsp3) is 0.500. The molecule has 5 heteroatoms. The van der Waals surface area contributed by atoms with Crippen molar-refractivity contribution in [3.8, 4) is 0 Å². The zero-order valence-electron chi connectivity index (χ0n) is 11.3. The molecule has 0 spiro atoms. The first kappa shape index (κ1) is 13.7. The molecule has 5 nitrogen and oxygen atoms in total. The lowest BCUT2D eigenvalue weighted by atomic mass is 10.1. The number of nitrogens with zero attached hydrogens (tertiary/aromatic N) is 1. The summed E-state index contributed by atoms with van der Waals surface area (Å²) in [5.74, 6) is -0.340. The first-order valence-corrected chi connectivity index (χ1v) is 6.57. The summed E-state index contributed by atoms with van der Waals surface area (Å²) in [6.45, 7) is 3.64. The molecule has 0 saturated carbocycles. The van der Waals surface area contributed by atoms with E-state index in [2.05, 4.69) is 0 Å². The van der Waals surface area contributed by atoms with Crippen LogP contribution in [0.4, 0.5) is 11.4 Å². The van der Waals surface area contributed by atoms with Gasteiger partial charge in [0.25, 0.3) is 0 Å². The van der Waals surface area contributed by atoms with Crippen molar-refractivity contribution in [1.29, 1.82) is 0 Å². The van der Waals surface area contributed by atoms with E-state index in [-0.39, 0.29) is 18.6 Å². The number of carbonyl (C=O) groups is 1. The van der Waals surface area contributed by atoms with Crippen LogP contribution in [0.1, 0.15) is 18.4 Å². The standard InChI is InChI=1S/C14H21N3O2/c1-10-7-11(4-5-13(10)15)17(9-14(16)18)8-12-3-2-6-19-12/h4-5,7,12H,2-3,6,8-9,15H2,1H3,(H2,16,18). The fourth-order valence-electron chi connectivity index (χ4n) is 2.34. The molecule has 0 aliphatic carbocycles. The molecular formula is C14H21N3O2. The van der Waals surface area contributed by atoms with Gasteiger partial charge in [-0.2, -0.15) is 0 Å². The zero-order valence-corrected chi connectivity index (χ0v) is 11.3. The van der Waals surface area contributed by atoms with Crippen LogP contribution in [-0.4, -0.2) is 31.7 Å². The van der Waals surface area contributed by atoms with Crippen LogP contribution in [0.15, 0.2) is 18.2 Å². The summed E-state index contributed by atoms with van der Waals surface area (Å²) in [6, 6.07) is 5.75. The molecule has 1 atom stereocenters. The van der Waals surface area contributed by atoms with E-state index in [0.717, 1.165) is 36.4 Å². The van der Waals surface area contributed by atoms with E-state index in [1.807, 2.05) is 30.0 Å². The Balaban J connectivity index is 2.15. The Bertz CT molecular complexity index is 456. The Morgan fingerprint density at radius 1 is 1.53 bits per heavy atom. The second-order valence-corrected chi connectivity index (χ2v) is 5.02. The molecule has 0 radical (unpaired) electrons. The van der Waals surface area contributed by atoms with E-state index < -0.39 is 0 Å². The van der Waals surface area contributed by atoms with Gasteiger partial charge in [-0.1, -0.05) is 0 Å². The van der Waals surface area contributed by atoms with Crippen LogP contribution >= 0.6 is 0 Å². The molecule has 1 amide bonds. The average molecular weight is 263 g/mol. The number of hydrogen-bond acceptors (Lipinski definition) is 4. The van der Waals surface area contributed by atoms with Gasteiger partial charge in [-0.15, -0.1) is 0 Å². The van der Waals surface area contributed by atoms with E-state index >= 15 is 0 Å². The minimum absolute atomic E-state index is 0.178. The number of nitrogen functional groups attached to an aromatic ring is 1. The molecule has 1 aliphatic rings. The van der Waals surface area contributed by atoms with Gasteiger partial charge in [0, 0.05) is 24.5 Å². The molecular weight excluding hydrogens is 242 g/mol. The van der Waals surface area contributed by atoms with Gasteiger partial charge in [0.2, 0.25) is 5.91 Å². The molecule has 1 aliphatic heterocycles. The highest BCUT2D eigenvalue weighted by atomic mass is 16.5. The molecule has 2 rings (SSSR count). The third-order valence-electron chi connectivity index (χ3n) is 3.41. The summed E-state index contributed by atoms with van der Waals surface area (Å²) < 4.78 is 5.62. The summed E-state index contributed by atoms with van der Waals surface area (Å²) in [5, 5.41) is 0. The van der Waals surface area contributed by atoms with Gasteiger partial charge in [0.15, 0.2) is 0 Å². The molecule has 1 heterocycles. The van der Waals surface area contributed by atoms with E-state index in [9.17, 15) is 4.79 Å². The van der Waals surface area contributed by atoms with Gasteiger partial charge in [0.1, 0.15) is 0 Å². The predicted octanol–water partition coefficient (Wildman–Crippen LogP) is 1.05. The van der Waals surface area contributed by atoms with Crippen molar-refractivity contribution in [2.45, 2.75) is 25.9 Å². The van der Waals surface area contributed by atoms with Crippen molar-refractivity contribution in [3.05, 3.63) is 23.8 Å². The number of rotatable bonds is 5. The highest BCUT2D eigenvalue weighted by Gasteiger charge is 2.20. The molecule has 104 valence electrons. The largest absolute Gasteiger partial charge is 0.399 e. The molecule has 4 N–H and O–H groups in total. The minimum Gasteiger partial charge on any atom is -0.399 e. The third kappa shape index (κ3) is 3.61. The molecule has 1 unspecified atom stereocenters. The van der Waals surface area contributed by atoms with Crippen LogP contribution in [-0.2, 0) is 9.53 Å². The number of ether oxygens (including phenoxy) is 1. The maximum absolute atomic E-state index is 11.2. The maximum atomic E-state index is 11.2. The summed E-state index contributed by atoms with van der Waals surface area (Å²) in [4.78, 5) is 13.2. The molecule has 1 aromatic rings. The lowest BCUT2D eigenvalue weighted by molar-refractivity contribution is -0.116. The van der Waals surface area contributed by atoms with Crippen LogP contribution in [0.2, 0.25) is 0 Å². The second kappa shape index (κ2) is 5.93. The normalized spacial score (nSPS) is 18.5. The summed E-state index contributed by atoms with van der Waals surface area (Å²) in [6.07, 6.45) is 2.29. The SMILES string of the molecule is Cc1cc(N(CC(N)=O)CC2CCCO2)ccc1N. The highest BCUT2D eigenvalue weighted by Crippen LogP contribution is 2.22. The molecule has 1 aromatic carbocycles. The first-order valence-electron chi connectivity index (χ1n) is 6.57. The van der Waals surface area contributed by atoms with Crippen molar-refractivity contribution in [2.24, 2.45) is 5.73 Å². The summed E-state index contributed by atoms with van der Waals surface area (Å²) in [5.41, 5.74) is 13.9. The van der Waals surface area contributed by atoms with Crippen LogP contribution in [0.5, 0.6) is 0 Å². The van der Waals surface area contributed by atoms with Crippen LogP contribution in [0, 0.1) is 6.92 Å². The number of aryl methyl sites for hydroxylation is 1. The lowest BCUT2D eigenvalue weighted by Gasteiger charge is -2.26.